The van der Waals surface area contributed by atoms with Crippen LogP contribution in [-0.2, 0) is 6.54 Å². The fourth-order valence-corrected chi connectivity index (χ4v) is 3.80. The number of hydrogen-bond acceptors (Lipinski definition) is 7. The summed E-state index contributed by atoms with van der Waals surface area (Å²) in [5, 5.41) is 6.40. The molecule has 5 rings (SSSR count). The summed E-state index contributed by atoms with van der Waals surface area (Å²) in [7, 11) is 0. The molecular formula is C22H22N8O. The lowest BCUT2D eigenvalue weighted by atomic mass is 9.86. The molecule has 0 saturated heterocycles. The van der Waals surface area contributed by atoms with E-state index in [1.165, 1.54) is 0 Å². The van der Waals surface area contributed by atoms with E-state index in [4.69, 9.17) is 0 Å². The van der Waals surface area contributed by atoms with Crippen molar-refractivity contribution in [3.63, 3.8) is 0 Å². The second kappa shape index (κ2) is 8.10. The number of nitrogens with zero attached hydrogens (tertiary/aromatic N) is 6. The lowest BCUT2D eigenvalue weighted by Crippen LogP contribution is -2.45. The van der Waals surface area contributed by atoms with E-state index in [9.17, 15) is 4.79 Å². The summed E-state index contributed by atoms with van der Waals surface area (Å²) in [6, 6.07) is 9.73. The van der Waals surface area contributed by atoms with Crippen LogP contribution in [0.1, 0.15) is 40.6 Å². The van der Waals surface area contributed by atoms with E-state index in [-0.39, 0.29) is 18.0 Å². The van der Waals surface area contributed by atoms with Gasteiger partial charge in [-0.05, 0) is 49.6 Å². The average Bonchev–Trinajstić information content (AvgIpc) is 3.19. The summed E-state index contributed by atoms with van der Waals surface area (Å²) in [4.78, 5) is 34.1. The van der Waals surface area contributed by atoms with Gasteiger partial charge in [0.05, 0.1) is 6.33 Å². The number of carbonyl (C=O) groups excluding carboxylic acids is 1. The molecule has 1 aliphatic rings. The Morgan fingerprint density at radius 3 is 2.77 bits per heavy atom. The Morgan fingerprint density at radius 2 is 1.97 bits per heavy atom. The largest absolute Gasteiger partial charge is 0.364 e. The van der Waals surface area contributed by atoms with Gasteiger partial charge in [0.2, 0.25) is 0 Å². The SMILES string of the molecule is Cc1cccc(C(=O)NC2CC(n3cnc4c(NCc5ccncc5)ncnc43)C2)n1. The van der Waals surface area contributed by atoms with Gasteiger partial charge in [-0.2, -0.15) is 0 Å². The van der Waals surface area contributed by atoms with Gasteiger partial charge >= 0.3 is 0 Å². The van der Waals surface area contributed by atoms with Gasteiger partial charge in [-0.1, -0.05) is 6.07 Å². The number of aromatic nitrogens is 6. The number of nitrogens with one attached hydrogen (secondary N) is 2. The van der Waals surface area contributed by atoms with Crippen molar-refractivity contribution >= 4 is 22.9 Å². The molecule has 4 heterocycles. The van der Waals surface area contributed by atoms with Crippen LogP contribution in [0.2, 0.25) is 0 Å². The molecule has 0 aromatic carbocycles. The fourth-order valence-electron chi connectivity index (χ4n) is 3.80. The maximum absolute atomic E-state index is 12.4. The highest BCUT2D eigenvalue weighted by Gasteiger charge is 2.33. The van der Waals surface area contributed by atoms with Crippen LogP contribution in [-0.4, -0.2) is 41.4 Å². The topological polar surface area (TPSA) is 111 Å². The van der Waals surface area contributed by atoms with E-state index in [0.717, 1.165) is 35.3 Å². The minimum absolute atomic E-state index is 0.114. The molecule has 1 aliphatic carbocycles. The van der Waals surface area contributed by atoms with Crippen molar-refractivity contribution in [2.45, 2.75) is 38.4 Å². The smallest absolute Gasteiger partial charge is 0.270 e. The fraction of sp³-hybridized carbons (Fsp3) is 0.273. The molecule has 1 saturated carbocycles. The highest BCUT2D eigenvalue weighted by Crippen LogP contribution is 2.35. The lowest BCUT2D eigenvalue weighted by molar-refractivity contribution is 0.0889. The van der Waals surface area contributed by atoms with Gasteiger partial charge in [-0.25, -0.2) is 19.9 Å². The van der Waals surface area contributed by atoms with Gasteiger partial charge in [-0.3, -0.25) is 9.78 Å². The molecule has 0 spiro atoms. The number of hydrogen-bond donors (Lipinski definition) is 2. The number of fused-ring (bicyclic) bond motifs is 1. The highest BCUT2D eigenvalue weighted by molar-refractivity contribution is 5.92. The predicted octanol–water partition coefficient (Wildman–Crippen LogP) is 2.67. The first-order valence-corrected chi connectivity index (χ1v) is 10.2. The molecule has 1 amide bonds. The number of anilines is 1. The quantitative estimate of drug-likeness (QED) is 0.499. The molecule has 0 atom stereocenters. The Kier molecular flexibility index (Phi) is 4.99. The average molecular weight is 414 g/mol. The molecule has 0 unspecified atom stereocenters. The Balaban J connectivity index is 1.24. The first-order valence-electron chi connectivity index (χ1n) is 10.2. The van der Waals surface area contributed by atoms with Crippen LogP contribution >= 0.6 is 0 Å². The van der Waals surface area contributed by atoms with Gasteiger partial charge < -0.3 is 15.2 Å². The molecule has 9 nitrogen and oxygen atoms in total. The third-order valence-electron chi connectivity index (χ3n) is 5.53. The first kappa shape index (κ1) is 19.1. The summed E-state index contributed by atoms with van der Waals surface area (Å²) in [5.41, 5.74) is 3.93. The monoisotopic (exact) mass is 414 g/mol. The van der Waals surface area contributed by atoms with Crippen molar-refractivity contribution < 1.29 is 4.79 Å². The summed E-state index contributed by atoms with van der Waals surface area (Å²) >= 11 is 0. The van der Waals surface area contributed by atoms with Crippen molar-refractivity contribution in [2.24, 2.45) is 0 Å². The van der Waals surface area contributed by atoms with Crippen LogP contribution in [0.4, 0.5) is 5.82 Å². The third kappa shape index (κ3) is 3.94. The molecule has 31 heavy (non-hydrogen) atoms. The molecule has 9 heteroatoms. The summed E-state index contributed by atoms with van der Waals surface area (Å²) in [5.74, 6) is 0.572. The maximum Gasteiger partial charge on any atom is 0.270 e. The van der Waals surface area contributed by atoms with E-state index in [1.54, 1.807) is 24.8 Å². The Morgan fingerprint density at radius 1 is 1.13 bits per heavy atom. The van der Waals surface area contributed by atoms with Gasteiger partial charge in [0.25, 0.3) is 5.91 Å². The summed E-state index contributed by atoms with van der Waals surface area (Å²) in [6.07, 6.45) is 8.54. The van der Waals surface area contributed by atoms with Crippen molar-refractivity contribution in [1.82, 2.24) is 34.8 Å². The highest BCUT2D eigenvalue weighted by atomic mass is 16.1. The van der Waals surface area contributed by atoms with Gasteiger partial charge in [-0.15, -0.1) is 0 Å². The van der Waals surface area contributed by atoms with E-state index in [0.29, 0.717) is 18.1 Å². The standard InChI is InChI=1S/C22H22N8O/c1-14-3-2-4-18(28-14)22(31)29-16-9-17(10-16)30-13-27-19-20(25-12-26-21(19)30)24-11-15-5-7-23-8-6-15/h2-8,12-13,16-17H,9-11H2,1H3,(H,29,31)(H,24,25,26). The van der Waals surface area contributed by atoms with Gasteiger partial charge in [0, 0.05) is 36.7 Å². The second-order valence-corrected chi connectivity index (χ2v) is 7.72. The summed E-state index contributed by atoms with van der Waals surface area (Å²) in [6.45, 7) is 2.51. The van der Waals surface area contributed by atoms with E-state index < -0.39 is 0 Å². The van der Waals surface area contributed by atoms with Crippen LogP contribution in [0.3, 0.4) is 0 Å². The number of carbonyl (C=O) groups is 1. The van der Waals surface area contributed by atoms with Gasteiger partial charge in [0.15, 0.2) is 11.5 Å². The minimum Gasteiger partial charge on any atom is -0.364 e. The third-order valence-corrected chi connectivity index (χ3v) is 5.53. The van der Waals surface area contributed by atoms with Crippen LogP contribution in [0.25, 0.3) is 11.2 Å². The second-order valence-electron chi connectivity index (χ2n) is 7.72. The zero-order valence-electron chi connectivity index (χ0n) is 17.1. The molecule has 0 radical (unpaired) electrons. The van der Waals surface area contributed by atoms with Crippen LogP contribution < -0.4 is 10.6 Å². The van der Waals surface area contributed by atoms with E-state index >= 15 is 0 Å². The Labute approximate surface area is 179 Å². The van der Waals surface area contributed by atoms with Crippen LogP contribution in [0.5, 0.6) is 0 Å². The summed E-state index contributed by atoms with van der Waals surface area (Å²) < 4.78 is 2.07. The van der Waals surface area contributed by atoms with Gasteiger partial charge in [0.1, 0.15) is 17.5 Å². The minimum atomic E-state index is -0.132. The zero-order valence-corrected chi connectivity index (χ0v) is 17.1. The van der Waals surface area contributed by atoms with E-state index in [2.05, 4.69) is 40.1 Å². The maximum atomic E-state index is 12.4. The molecule has 156 valence electrons. The Bertz CT molecular complexity index is 1220. The molecule has 0 bridgehead atoms. The molecule has 2 N–H and O–H groups in total. The molecule has 1 fully saturated rings. The molecule has 4 aromatic rings. The van der Waals surface area contributed by atoms with Crippen LogP contribution in [0.15, 0.2) is 55.4 Å². The Hall–Kier alpha value is -3.88. The predicted molar refractivity (Wildman–Crippen MR) is 115 cm³/mol. The number of rotatable bonds is 6. The zero-order chi connectivity index (χ0) is 21.2. The number of amides is 1. The normalized spacial score (nSPS) is 17.8. The van der Waals surface area contributed by atoms with Crippen molar-refractivity contribution in [1.29, 1.82) is 0 Å². The lowest BCUT2D eigenvalue weighted by Gasteiger charge is -2.36. The van der Waals surface area contributed by atoms with Crippen LogP contribution in [0, 0.1) is 6.92 Å². The number of imidazole rings is 1. The molecular weight excluding hydrogens is 392 g/mol. The van der Waals surface area contributed by atoms with Crippen molar-refractivity contribution in [2.75, 3.05) is 5.32 Å². The van der Waals surface area contributed by atoms with E-state index in [1.807, 2.05) is 37.5 Å². The number of aryl methyl sites for hydroxylation is 1. The molecule has 4 aromatic heterocycles. The number of pyridine rings is 2. The van der Waals surface area contributed by atoms with Crippen molar-refractivity contribution in [3.05, 3.63) is 72.3 Å². The van der Waals surface area contributed by atoms with Crippen molar-refractivity contribution in [3.8, 4) is 0 Å². The first-order chi connectivity index (χ1) is 15.2. The molecule has 0 aliphatic heterocycles.